The fourth-order valence-electron chi connectivity index (χ4n) is 5.95. The lowest BCUT2D eigenvalue weighted by Crippen LogP contribution is -2.30. The number of halogens is 1. The third-order valence-electron chi connectivity index (χ3n) is 7.51. The van der Waals surface area contributed by atoms with E-state index < -0.39 is 0 Å². The maximum Gasteiger partial charge on any atom is 0.239 e. The Kier molecular flexibility index (Phi) is 4.58. The maximum atomic E-state index is 14.0. The number of hydrogen-bond donors (Lipinski definition) is 2. The van der Waals surface area contributed by atoms with E-state index in [0.29, 0.717) is 6.67 Å². The Morgan fingerprint density at radius 2 is 1.97 bits per heavy atom. The van der Waals surface area contributed by atoms with Crippen LogP contribution in [-0.2, 0) is 11.2 Å². The van der Waals surface area contributed by atoms with Crippen LogP contribution in [0.15, 0.2) is 70.2 Å². The van der Waals surface area contributed by atoms with Gasteiger partial charge in [0.2, 0.25) is 5.91 Å². The number of hydrogen-bond acceptors (Lipinski definition) is 4. The number of rotatable bonds is 4. The van der Waals surface area contributed by atoms with Gasteiger partial charge in [0.05, 0.1) is 23.0 Å². The van der Waals surface area contributed by atoms with Gasteiger partial charge in [-0.15, -0.1) is 0 Å². The van der Waals surface area contributed by atoms with Crippen LogP contribution in [-0.4, -0.2) is 23.4 Å². The molecule has 3 aliphatic heterocycles. The highest BCUT2D eigenvalue weighted by Crippen LogP contribution is 2.51. The van der Waals surface area contributed by atoms with Crippen LogP contribution < -0.4 is 15.2 Å². The van der Waals surface area contributed by atoms with Gasteiger partial charge in [0.15, 0.2) is 5.84 Å². The fourth-order valence-corrected chi connectivity index (χ4v) is 6.30. The zero-order valence-electron chi connectivity index (χ0n) is 19.3. The van der Waals surface area contributed by atoms with Gasteiger partial charge < -0.3 is 9.88 Å². The third-order valence-corrected chi connectivity index (χ3v) is 8.00. The second kappa shape index (κ2) is 7.71. The molecule has 1 unspecified atom stereocenters. The monoisotopic (exact) mass is 525 g/mol. The minimum atomic E-state index is -0.163. The van der Waals surface area contributed by atoms with Crippen LogP contribution >= 0.6 is 15.9 Å². The van der Waals surface area contributed by atoms with Crippen LogP contribution in [0.5, 0.6) is 0 Å². The first kappa shape index (κ1) is 20.8. The lowest BCUT2D eigenvalue weighted by molar-refractivity contribution is -0.118. The first-order chi connectivity index (χ1) is 17.1. The molecule has 174 valence electrons. The van der Waals surface area contributed by atoms with Gasteiger partial charge in [-0.3, -0.25) is 15.1 Å². The van der Waals surface area contributed by atoms with E-state index in [1.165, 1.54) is 22.2 Å². The highest BCUT2D eigenvalue weighted by Gasteiger charge is 2.44. The summed E-state index contributed by atoms with van der Waals surface area (Å²) < 4.78 is 0.953. The van der Waals surface area contributed by atoms with Crippen molar-refractivity contribution in [1.29, 1.82) is 0 Å². The number of para-hydroxylation sites is 2. The van der Waals surface area contributed by atoms with E-state index in [1.807, 2.05) is 17.0 Å². The molecule has 0 fully saturated rings. The number of nitrogens with zero attached hydrogens (tertiary/aromatic N) is 3. The zero-order chi connectivity index (χ0) is 23.7. The second-order valence-electron chi connectivity index (χ2n) is 9.45. The largest absolute Gasteiger partial charge is 0.358 e. The minimum Gasteiger partial charge on any atom is -0.358 e. The molecule has 1 aromatic heterocycles. The molecule has 0 radical (unpaired) electrons. The van der Waals surface area contributed by atoms with Crippen LogP contribution in [0, 0.1) is 6.92 Å². The molecule has 3 aromatic carbocycles. The van der Waals surface area contributed by atoms with Crippen molar-refractivity contribution in [2.45, 2.75) is 32.1 Å². The van der Waals surface area contributed by atoms with E-state index in [2.05, 4.69) is 91.8 Å². The molecular weight excluding hydrogens is 502 g/mol. The van der Waals surface area contributed by atoms with Gasteiger partial charge in [-0.25, -0.2) is 0 Å². The highest BCUT2D eigenvalue weighted by atomic mass is 79.9. The summed E-state index contributed by atoms with van der Waals surface area (Å²) in [5.74, 6) is 0.858. The lowest BCUT2D eigenvalue weighted by atomic mass is 9.92. The topological polar surface area (TPSA) is 63.7 Å². The number of nitrogens with one attached hydrogen (secondary N) is 2. The Hall–Kier alpha value is -3.58. The number of benzene rings is 3. The third kappa shape index (κ3) is 3.01. The van der Waals surface area contributed by atoms with Crippen molar-refractivity contribution in [2.24, 2.45) is 5.10 Å². The number of H-pyrrole nitrogens is 1. The number of amides is 1. The number of aromatic nitrogens is 1. The molecular formula is C28H24BrN5O. The van der Waals surface area contributed by atoms with Gasteiger partial charge in [-0.05, 0) is 67.6 Å². The first-order valence-corrected chi connectivity index (χ1v) is 12.8. The number of aryl methyl sites for hydroxylation is 2. The standard InChI is InChI=1S/C28H24BrN5O/c1-16-18(19-6-2-3-11-23(19)31-16)7-4-9-21-20-8-5-10-22-26(20)34(28(21)35)25-14-17(29)12-13-24(25)33-15-30-32-27(22)33/h2-3,5-6,8,10-14,21,30-31H,4,7,9,15H2,1H3. The smallest absolute Gasteiger partial charge is 0.239 e. The molecule has 4 aromatic rings. The van der Waals surface area contributed by atoms with E-state index in [9.17, 15) is 4.79 Å². The molecule has 0 bridgehead atoms. The van der Waals surface area contributed by atoms with E-state index in [0.717, 1.165) is 57.8 Å². The molecule has 1 atom stereocenters. The molecule has 0 saturated heterocycles. The number of carbonyl (C=O) groups is 1. The van der Waals surface area contributed by atoms with Gasteiger partial charge in [-0.1, -0.05) is 46.3 Å². The van der Waals surface area contributed by atoms with Gasteiger partial charge in [0.25, 0.3) is 0 Å². The van der Waals surface area contributed by atoms with E-state index >= 15 is 0 Å². The average Bonchev–Trinajstić information content (AvgIpc) is 3.51. The molecule has 1 amide bonds. The van der Waals surface area contributed by atoms with Gasteiger partial charge >= 0.3 is 0 Å². The number of carbonyl (C=O) groups excluding carboxylic acids is 1. The molecule has 0 aliphatic carbocycles. The quantitative estimate of drug-likeness (QED) is 0.340. The van der Waals surface area contributed by atoms with Crippen LogP contribution in [0.2, 0.25) is 0 Å². The van der Waals surface area contributed by atoms with Gasteiger partial charge in [0, 0.05) is 26.6 Å². The minimum absolute atomic E-state index is 0.150. The first-order valence-electron chi connectivity index (χ1n) is 12.0. The van der Waals surface area contributed by atoms with Crippen molar-refractivity contribution in [3.8, 4) is 0 Å². The van der Waals surface area contributed by atoms with Crippen LogP contribution in [0.25, 0.3) is 10.9 Å². The van der Waals surface area contributed by atoms with Crippen LogP contribution in [0.4, 0.5) is 17.1 Å². The summed E-state index contributed by atoms with van der Waals surface area (Å²) in [6, 6.07) is 20.9. The SMILES string of the molecule is Cc1[nH]c2ccccc2c1CCCC1C(=O)N2c3cc(Br)ccc3N3CNN=C3c3cccc1c32. The lowest BCUT2D eigenvalue weighted by Gasteiger charge is -2.23. The van der Waals surface area contributed by atoms with E-state index in [4.69, 9.17) is 0 Å². The summed E-state index contributed by atoms with van der Waals surface area (Å²) in [6.45, 7) is 2.73. The molecule has 7 heteroatoms. The van der Waals surface area contributed by atoms with E-state index in [1.54, 1.807) is 0 Å². The Labute approximate surface area is 211 Å². The van der Waals surface area contributed by atoms with E-state index in [-0.39, 0.29) is 11.8 Å². The number of fused-ring (bicyclic) bond motifs is 6. The molecule has 4 heterocycles. The number of anilines is 3. The molecule has 6 nitrogen and oxygen atoms in total. The summed E-state index contributed by atoms with van der Waals surface area (Å²) in [7, 11) is 0. The Bertz CT molecular complexity index is 1550. The highest BCUT2D eigenvalue weighted by molar-refractivity contribution is 9.10. The Morgan fingerprint density at radius 3 is 2.89 bits per heavy atom. The van der Waals surface area contributed by atoms with Crippen LogP contribution in [0.3, 0.4) is 0 Å². The summed E-state index contributed by atoms with van der Waals surface area (Å²) in [5, 5.41) is 5.89. The van der Waals surface area contributed by atoms with Gasteiger partial charge in [0.1, 0.15) is 6.67 Å². The summed E-state index contributed by atoms with van der Waals surface area (Å²) in [5.41, 5.74) is 11.9. The van der Waals surface area contributed by atoms with Crippen molar-refractivity contribution in [2.75, 3.05) is 16.5 Å². The van der Waals surface area contributed by atoms with Crippen molar-refractivity contribution < 1.29 is 4.79 Å². The Balaban J connectivity index is 1.27. The van der Waals surface area contributed by atoms with Crippen LogP contribution in [0.1, 0.15) is 41.1 Å². The van der Waals surface area contributed by atoms with Gasteiger partial charge in [-0.2, -0.15) is 5.10 Å². The summed E-state index contributed by atoms with van der Waals surface area (Å²) in [6.07, 6.45) is 2.69. The van der Waals surface area contributed by atoms with Crippen molar-refractivity contribution in [1.82, 2.24) is 10.4 Å². The second-order valence-corrected chi connectivity index (χ2v) is 10.4. The zero-order valence-corrected chi connectivity index (χ0v) is 20.9. The predicted octanol–water partition coefficient (Wildman–Crippen LogP) is 6.07. The number of amidine groups is 1. The molecule has 35 heavy (non-hydrogen) atoms. The fraction of sp³-hybridized carbons (Fsp3) is 0.214. The summed E-state index contributed by atoms with van der Waals surface area (Å²) in [4.78, 5) is 21.6. The molecule has 3 aliphatic rings. The van der Waals surface area contributed by atoms with Crippen molar-refractivity contribution >= 4 is 55.6 Å². The molecule has 0 saturated carbocycles. The Morgan fingerprint density at radius 1 is 1.09 bits per heavy atom. The molecule has 0 spiro atoms. The molecule has 2 N–H and O–H groups in total. The molecule has 7 rings (SSSR count). The summed E-state index contributed by atoms with van der Waals surface area (Å²) >= 11 is 3.62. The maximum absolute atomic E-state index is 14.0. The van der Waals surface area contributed by atoms with Crippen molar-refractivity contribution in [3.63, 3.8) is 0 Å². The predicted molar refractivity (Wildman–Crippen MR) is 143 cm³/mol. The normalized spacial score (nSPS) is 17.7. The van der Waals surface area contributed by atoms with Crippen molar-refractivity contribution in [3.05, 3.63) is 87.5 Å². The average molecular weight is 526 g/mol. The number of aromatic amines is 1. The number of hydrazone groups is 1.